The first-order chi connectivity index (χ1) is 16.4. The second-order valence-electron chi connectivity index (χ2n) is 7.71. The van der Waals surface area contributed by atoms with Crippen molar-refractivity contribution in [2.75, 3.05) is 0 Å². The molecule has 10 heteroatoms. The molecular weight excluding hydrogens is 474 g/mol. The number of hydrogen-bond acceptors (Lipinski definition) is 2. The first-order valence-electron chi connectivity index (χ1n) is 10.2. The molecule has 4 aromatic rings. The fourth-order valence-electron chi connectivity index (χ4n) is 3.76. The lowest BCUT2D eigenvalue weighted by Gasteiger charge is -2.15. The molecule has 0 saturated carbocycles. The molecule has 0 unspecified atom stereocenters. The summed E-state index contributed by atoms with van der Waals surface area (Å²) in [5.74, 6) is -0.943. The number of H-pyrrole nitrogens is 1. The maximum Gasteiger partial charge on any atom is 0.416 e. The van der Waals surface area contributed by atoms with E-state index in [1.54, 1.807) is 54.6 Å². The Morgan fingerprint density at radius 1 is 0.800 bits per heavy atom. The smallest absolute Gasteiger partial charge is 0.348 e. The third kappa shape index (κ3) is 5.06. The summed E-state index contributed by atoms with van der Waals surface area (Å²) in [5.41, 5.74) is -3.17. The number of rotatable bonds is 4. The van der Waals surface area contributed by atoms with Gasteiger partial charge in [0.05, 0.1) is 11.1 Å². The molecule has 4 rings (SSSR count). The molecule has 1 aromatic heterocycles. The lowest BCUT2D eigenvalue weighted by molar-refractivity contribution is -0.143. The van der Waals surface area contributed by atoms with Crippen LogP contribution in [0.5, 0.6) is 0 Å². The van der Waals surface area contributed by atoms with Crippen molar-refractivity contribution >= 4 is 16.8 Å². The van der Waals surface area contributed by atoms with Gasteiger partial charge in [-0.15, -0.1) is 0 Å². The fourth-order valence-corrected chi connectivity index (χ4v) is 3.76. The Morgan fingerprint density at radius 2 is 1.37 bits per heavy atom. The number of para-hydroxylation sites is 1. The van der Waals surface area contributed by atoms with Crippen LogP contribution in [0.25, 0.3) is 22.0 Å². The minimum Gasteiger partial charge on any atom is -0.348 e. The fraction of sp³-hybridized carbons (Fsp3) is 0.120. The van der Waals surface area contributed by atoms with Crippen molar-refractivity contribution < 1.29 is 31.1 Å². The second-order valence-corrected chi connectivity index (χ2v) is 7.71. The van der Waals surface area contributed by atoms with Crippen molar-refractivity contribution in [3.63, 3.8) is 0 Å². The Morgan fingerprint density at radius 3 is 1.97 bits per heavy atom. The van der Waals surface area contributed by atoms with Crippen molar-refractivity contribution in [3.8, 4) is 11.1 Å². The molecule has 0 aliphatic carbocycles. The van der Waals surface area contributed by atoms with Crippen LogP contribution in [0.1, 0.15) is 27.0 Å². The number of carbonyl (C=O) groups excluding carboxylic acids is 1. The van der Waals surface area contributed by atoms with Crippen molar-refractivity contribution in [3.05, 3.63) is 105 Å². The summed E-state index contributed by atoms with van der Waals surface area (Å²) >= 11 is 0. The number of alkyl halides is 6. The predicted octanol–water partition coefficient (Wildman–Crippen LogP) is 6.16. The molecule has 0 bridgehead atoms. The number of aromatic nitrogens is 1. The maximum atomic E-state index is 13.1. The van der Waals surface area contributed by atoms with Crippen LogP contribution in [0.2, 0.25) is 0 Å². The summed E-state index contributed by atoms with van der Waals surface area (Å²) in [5, 5.41) is 2.84. The average Bonchev–Trinajstić information content (AvgIpc) is 2.81. The quantitative estimate of drug-likeness (QED) is 0.337. The Bertz CT molecular complexity index is 1430. The van der Waals surface area contributed by atoms with Gasteiger partial charge in [-0.1, -0.05) is 48.5 Å². The van der Waals surface area contributed by atoms with Gasteiger partial charge in [0.15, 0.2) is 0 Å². The zero-order valence-corrected chi connectivity index (χ0v) is 17.7. The highest BCUT2D eigenvalue weighted by Gasteiger charge is 2.37. The summed E-state index contributed by atoms with van der Waals surface area (Å²) in [6.45, 7) is -0.660. The van der Waals surface area contributed by atoms with Gasteiger partial charge in [-0.3, -0.25) is 9.59 Å². The summed E-state index contributed by atoms with van der Waals surface area (Å²) in [6.07, 6.45) is -10.0. The molecule has 35 heavy (non-hydrogen) atoms. The lowest BCUT2D eigenvalue weighted by Crippen LogP contribution is -2.30. The van der Waals surface area contributed by atoms with Crippen LogP contribution in [-0.2, 0) is 18.9 Å². The molecule has 0 spiro atoms. The Kier molecular flexibility index (Phi) is 6.14. The Hall–Kier alpha value is -4.08. The number of benzene rings is 3. The van der Waals surface area contributed by atoms with Gasteiger partial charge in [-0.05, 0) is 35.4 Å². The molecule has 0 fully saturated rings. The monoisotopic (exact) mass is 490 g/mol. The van der Waals surface area contributed by atoms with Gasteiger partial charge < -0.3 is 10.3 Å². The van der Waals surface area contributed by atoms with Crippen LogP contribution in [0.15, 0.2) is 77.6 Å². The molecule has 0 aliphatic heterocycles. The summed E-state index contributed by atoms with van der Waals surface area (Å²) in [6, 6.07) is 16.3. The highest BCUT2D eigenvalue weighted by Crippen LogP contribution is 2.36. The molecule has 0 radical (unpaired) electrons. The molecular formula is C25H16F6N2O2. The third-order valence-electron chi connectivity index (χ3n) is 5.31. The van der Waals surface area contributed by atoms with E-state index in [9.17, 15) is 35.9 Å². The van der Waals surface area contributed by atoms with Crippen LogP contribution in [0.3, 0.4) is 0 Å². The van der Waals surface area contributed by atoms with Crippen LogP contribution in [-0.4, -0.2) is 10.9 Å². The topological polar surface area (TPSA) is 62.0 Å². The van der Waals surface area contributed by atoms with E-state index in [2.05, 4.69) is 10.3 Å². The molecule has 2 N–H and O–H groups in total. The highest BCUT2D eigenvalue weighted by molar-refractivity contribution is 6.08. The first-order valence-corrected chi connectivity index (χ1v) is 10.2. The SMILES string of the molecule is O=C(NCc1cc(C(F)(F)F)cc(C(F)(F)F)c1)c1c(-c2ccccc2)c2ccccc2[nH]c1=O. The number of nitrogens with one attached hydrogen (secondary N) is 2. The summed E-state index contributed by atoms with van der Waals surface area (Å²) in [7, 11) is 0. The summed E-state index contributed by atoms with van der Waals surface area (Å²) < 4.78 is 78.8. The van der Waals surface area contributed by atoms with E-state index in [1.807, 2.05) is 0 Å². The number of fused-ring (bicyclic) bond motifs is 1. The van der Waals surface area contributed by atoms with E-state index in [0.717, 1.165) is 0 Å². The van der Waals surface area contributed by atoms with Crippen molar-refractivity contribution in [2.24, 2.45) is 0 Å². The van der Waals surface area contributed by atoms with E-state index < -0.39 is 47.1 Å². The maximum absolute atomic E-state index is 13.1. The standard InChI is InChI=1S/C25H16F6N2O2/c26-24(27,28)16-10-14(11-17(12-16)25(29,30)31)13-32-22(34)21-20(15-6-2-1-3-7-15)18-8-4-5-9-19(18)33-23(21)35/h1-12H,13H2,(H,32,34)(H,33,35). The minimum absolute atomic E-state index is 0.00682. The van der Waals surface area contributed by atoms with E-state index in [4.69, 9.17) is 0 Å². The Balaban J connectivity index is 1.76. The number of carbonyl (C=O) groups is 1. The van der Waals surface area contributed by atoms with E-state index in [0.29, 0.717) is 34.2 Å². The number of halogens is 6. The van der Waals surface area contributed by atoms with Crippen LogP contribution in [0, 0.1) is 0 Å². The summed E-state index contributed by atoms with van der Waals surface area (Å²) in [4.78, 5) is 28.5. The van der Waals surface area contributed by atoms with Gasteiger partial charge in [0.2, 0.25) is 0 Å². The minimum atomic E-state index is -5.02. The normalized spacial score (nSPS) is 12.1. The number of pyridine rings is 1. The van der Waals surface area contributed by atoms with Crippen LogP contribution < -0.4 is 10.9 Å². The molecule has 4 nitrogen and oxygen atoms in total. The number of amides is 1. The number of hydrogen-bond donors (Lipinski definition) is 2. The van der Waals surface area contributed by atoms with Crippen LogP contribution >= 0.6 is 0 Å². The van der Waals surface area contributed by atoms with E-state index in [-0.39, 0.29) is 11.6 Å². The van der Waals surface area contributed by atoms with E-state index in [1.165, 1.54) is 0 Å². The lowest BCUT2D eigenvalue weighted by atomic mass is 9.95. The molecule has 3 aromatic carbocycles. The van der Waals surface area contributed by atoms with Crippen molar-refractivity contribution in [1.29, 1.82) is 0 Å². The molecule has 0 aliphatic rings. The molecule has 180 valence electrons. The van der Waals surface area contributed by atoms with Crippen LogP contribution in [0.4, 0.5) is 26.3 Å². The predicted molar refractivity (Wildman–Crippen MR) is 118 cm³/mol. The third-order valence-corrected chi connectivity index (χ3v) is 5.31. The van der Waals surface area contributed by atoms with Gasteiger partial charge in [0.25, 0.3) is 11.5 Å². The molecule has 0 saturated heterocycles. The van der Waals surface area contributed by atoms with Gasteiger partial charge in [0, 0.05) is 23.0 Å². The second kappa shape index (κ2) is 8.94. The van der Waals surface area contributed by atoms with Crippen molar-refractivity contribution in [1.82, 2.24) is 10.3 Å². The number of aromatic amines is 1. The average molecular weight is 490 g/mol. The zero-order valence-electron chi connectivity index (χ0n) is 17.7. The highest BCUT2D eigenvalue weighted by atomic mass is 19.4. The molecule has 1 amide bonds. The first kappa shape index (κ1) is 24.1. The zero-order chi connectivity index (χ0) is 25.4. The van der Waals surface area contributed by atoms with Gasteiger partial charge >= 0.3 is 12.4 Å². The molecule has 1 heterocycles. The van der Waals surface area contributed by atoms with Crippen molar-refractivity contribution in [2.45, 2.75) is 18.9 Å². The van der Waals surface area contributed by atoms with Gasteiger partial charge in [-0.25, -0.2) is 0 Å². The molecule has 0 atom stereocenters. The van der Waals surface area contributed by atoms with Gasteiger partial charge in [0.1, 0.15) is 5.56 Å². The Labute approximate surface area is 194 Å². The van der Waals surface area contributed by atoms with E-state index >= 15 is 0 Å². The van der Waals surface area contributed by atoms with Gasteiger partial charge in [-0.2, -0.15) is 26.3 Å². The largest absolute Gasteiger partial charge is 0.416 e.